The molecule has 4 nitrogen and oxygen atoms in total. The van der Waals surface area contributed by atoms with Crippen molar-refractivity contribution in [2.75, 3.05) is 13.1 Å². The molecule has 0 unspecified atom stereocenters. The molecule has 156 valence electrons. The molecule has 4 rings (SSSR count). The number of aryl methyl sites for hydroxylation is 1. The molecule has 30 heavy (non-hydrogen) atoms. The summed E-state index contributed by atoms with van der Waals surface area (Å²) < 4.78 is 0. The van der Waals surface area contributed by atoms with Crippen molar-refractivity contribution in [3.05, 3.63) is 80.2 Å². The summed E-state index contributed by atoms with van der Waals surface area (Å²) in [5.74, 6) is -0.121. The molecule has 0 aliphatic carbocycles. The molecule has 1 fully saturated rings. The highest BCUT2D eigenvalue weighted by Gasteiger charge is 2.31. The molecule has 0 spiro atoms. The van der Waals surface area contributed by atoms with Gasteiger partial charge in [0.1, 0.15) is 0 Å². The van der Waals surface area contributed by atoms with Crippen LogP contribution in [0.15, 0.2) is 59.3 Å². The molecule has 1 aliphatic rings. The normalized spacial score (nSPS) is 17.5. The van der Waals surface area contributed by atoms with Gasteiger partial charge in [0.15, 0.2) is 0 Å². The average molecular weight is 439 g/mol. The van der Waals surface area contributed by atoms with E-state index in [9.17, 15) is 9.59 Å². The molecule has 2 aromatic heterocycles. The molecule has 1 N–H and O–H groups in total. The molecule has 3 aromatic rings. The molecule has 1 saturated heterocycles. The topological polar surface area (TPSA) is 49.4 Å². The van der Waals surface area contributed by atoms with Crippen LogP contribution in [0.2, 0.25) is 0 Å². The lowest BCUT2D eigenvalue weighted by Gasteiger charge is -2.32. The van der Waals surface area contributed by atoms with Gasteiger partial charge in [-0.25, -0.2) is 0 Å². The van der Waals surface area contributed by atoms with Crippen molar-refractivity contribution >= 4 is 34.5 Å². The predicted molar refractivity (Wildman–Crippen MR) is 123 cm³/mol. The van der Waals surface area contributed by atoms with E-state index >= 15 is 0 Å². The predicted octanol–water partition coefficient (Wildman–Crippen LogP) is 5.13. The number of thiophene rings is 2. The number of rotatable bonds is 6. The highest BCUT2D eigenvalue weighted by atomic mass is 32.1. The van der Waals surface area contributed by atoms with Crippen LogP contribution in [0.3, 0.4) is 0 Å². The van der Waals surface area contributed by atoms with E-state index < -0.39 is 0 Å². The highest BCUT2D eigenvalue weighted by Crippen LogP contribution is 2.28. The maximum atomic E-state index is 13.2. The number of nitrogens with zero attached hydrogens (tertiary/aromatic N) is 1. The van der Waals surface area contributed by atoms with Gasteiger partial charge in [-0.3, -0.25) is 9.59 Å². The first-order valence-corrected chi connectivity index (χ1v) is 12.2. The third-order valence-electron chi connectivity index (χ3n) is 5.65. The van der Waals surface area contributed by atoms with Crippen molar-refractivity contribution in [1.29, 1.82) is 0 Å². The van der Waals surface area contributed by atoms with E-state index in [4.69, 9.17) is 0 Å². The Labute approximate surface area is 185 Å². The molecule has 3 heterocycles. The molecule has 1 aromatic carbocycles. The fourth-order valence-corrected chi connectivity index (χ4v) is 5.41. The number of benzene rings is 1. The maximum Gasteiger partial charge on any atom is 0.263 e. The summed E-state index contributed by atoms with van der Waals surface area (Å²) in [6.07, 6.45) is 2.66. The second kappa shape index (κ2) is 9.58. The third-order valence-corrected chi connectivity index (χ3v) is 7.44. The summed E-state index contributed by atoms with van der Waals surface area (Å²) >= 11 is 3.10. The third kappa shape index (κ3) is 4.65. The zero-order valence-corrected chi connectivity index (χ0v) is 18.7. The minimum atomic E-state index is -0.181. The summed E-state index contributed by atoms with van der Waals surface area (Å²) in [5.41, 5.74) is 2.37. The van der Waals surface area contributed by atoms with Crippen LogP contribution < -0.4 is 5.32 Å². The van der Waals surface area contributed by atoms with E-state index in [1.54, 1.807) is 11.3 Å². The lowest BCUT2D eigenvalue weighted by Crippen LogP contribution is -2.46. The van der Waals surface area contributed by atoms with Gasteiger partial charge in [-0.05, 0) is 53.3 Å². The summed E-state index contributed by atoms with van der Waals surface area (Å²) in [7, 11) is 0. The van der Waals surface area contributed by atoms with Gasteiger partial charge in [0.2, 0.25) is 5.91 Å². The van der Waals surface area contributed by atoms with Crippen LogP contribution in [0.5, 0.6) is 0 Å². The summed E-state index contributed by atoms with van der Waals surface area (Å²) in [6, 6.07) is 16.1. The number of hydrogen-bond acceptors (Lipinski definition) is 4. The van der Waals surface area contributed by atoms with Crippen LogP contribution >= 0.6 is 22.7 Å². The van der Waals surface area contributed by atoms with Gasteiger partial charge in [0.25, 0.3) is 5.91 Å². The first kappa shape index (κ1) is 20.8. The maximum absolute atomic E-state index is 13.2. The molecule has 0 bridgehead atoms. The van der Waals surface area contributed by atoms with Crippen molar-refractivity contribution in [3.63, 3.8) is 0 Å². The lowest BCUT2D eigenvalue weighted by atomic mass is 9.95. The minimum Gasteiger partial charge on any atom is -0.344 e. The zero-order valence-electron chi connectivity index (χ0n) is 17.0. The van der Waals surface area contributed by atoms with Crippen LogP contribution in [-0.2, 0) is 11.2 Å². The van der Waals surface area contributed by atoms with Gasteiger partial charge in [-0.15, -0.1) is 22.7 Å². The Morgan fingerprint density at radius 3 is 2.53 bits per heavy atom. The molecular weight excluding hydrogens is 412 g/mol. The van der Waals surface area contributed by atoms with Crippen LogP contribution in [0.4, 0.5) is 0 Å². The van der Waals surface area contributed by atoms with Crippen molar-refractivity contribution in [2.24, 2.45) is 5.92 Å². The van der Waals surface area contributed by atoms with Gasteiger partial charge in [0.05, 0.1) is 16.8 Å². The average Bonchev–Trinajstić information content (AvgIpc) is 3.51. The summed E-state index contributed by atoms with van der Waals surface area (Å²) in [4.78, 5) is 29.6. The number of amides is 2. The Kier molecular flexibility index (Phi) is 6.65. The van der Waals surface area contributed by atoms with Gasteiger partial charge >= 0.3 is 0 Å². The largest absolute Gasteiger partial charge is 0.344 e. The monoisotopic (exact) mass is 438 g/mol. The Hall–Kier alpha value is -2.44. The SMILES string of the molecule is CCc1ccc([C@@H](NC(=O)[C@H]2CCCN(C(=O)c3cccs3)C2)c2cccs2)cc1. The standard InChI is InChI=1S/C24H26N2O2S2/c1-2-17-9-11-18(12-10-17)22(20-7-4-14-29-20)25-23(27)19-6-3-13-26(16-19)24(28)21-8-5-15-30-21/h4-5,7-12,14-15,19,22H,2-3,6,13,16H2,1H3,(H,25,27)/t19-,22+/m0/s1. The fraction of sp³-hybridized carbons (Fsp3) is 0.333. The van der Waals surface area contributed by atoms with E-state index in [2.05, 4.69) is 42.6 Å². The first-order valence-electron chi connectivity index (χ1n) is 10.4. The number of carbonyl (C=O) groups is 2. The van der Waals surface area contributed by atoms with Gasteiger partial charge in [-0.1, -0.05) is 43.3 Å². The fourth-order valence-electron chi connectivity index (χ4n) is 3.91. The van der Waals surface area contributed by atoms with Crippen molar-refractivity contribution < 1.29 is 9.59 Å². The second-order valence-corrected chi connectivity index (χ2v) is 9.55. The Morgan fingerprint density at radius 2 is 1.87 bits per heavy atom. The van der Waals surface area contributed by atoms with Crippen molar-refractivity contribution in [3.8, 4) is 0 Å². The summed E-state index contributed by atoms with van der Waals surface area (Å²) in [5, 5.41) is 7.23. The van der Waals surface area contributed by atoms with Crippen LogP contribution in [0.25, 0.3) is 0 Å². The van der Waals surface area contributed by atoms with E-state index in [0.29, 0.717) is 13.1 Å². The minimum absolute atomic E-state index is 0.0247. The molecule has 0 saturated carbocycles. The number of likely N-dealkylation sites (tertiary alicyclic amines) is 1. The van der Waals surface area contributed by atoms with Gasteiger partial charge in [-0.2, -0.15) is 0 Å². The lowest BCUT2D eigenvalue weighted by molar-refractivity contribution is -0.126. The zero-order chi connectivity index (χ0) is 20.9. The highest BCUT2D eigenvalue weighted by molar-refractivity contribution is 7.12. The summed E-state index contributed by atoms with van der Waals surface area (Å²) in [6.45, 7) is 3.34. The molecular formula is C24H26N2O2S2. The first-order chi connectivity index (χ1) is 14.7. The molecule has 6 heteroatoms. The second-order valence-electron chi connectivity index (χ2n) is 7.62. The van der Waals surface area contributed by atoms with Crippen molar-refractivity contribution in [2.45, 2.75) is 32.2 Å². The van der Waals surface area contributed by atoms with Gasteiger partial charge < -0.3 is 10.2 Å². The molecule has 1 aliphatic heterocycles. The van der Waals surface area contributed by atoms with Crippen LogP contribution in [0.1, 0.15) is 51.5 Å². The van der Waals surface area contributed by atoms with E-state index in [0.717, 1.165) is 34.6 Å². The Balaban J connectivity index is 1.48. The number of nitrogens with one attached hydrogen (secondary N) is 1. The van der Waals surface area contributed by atoms with E-state index in [-0.39, 0.29) is 23.8 Å². The molecule has 0 radical (unpaired) electrons. The van der Waals surface area contributed by atoms with Gasteiger partial charge in [0, 0.05) is 18.0 Å². The Bertz CT molecular complexity index is 965. The number of piperidine rings is 1. The smallest absolute Gasteiger partial charge is 0.263 e. The Morgan fingerprint density at radius 1 is 1.10 bits per heavy atom. The molecule has 2 atom stereocenters. The number of carbonyl (C=O) groups excluding carboxylic acids is 2. The number of hydrogen-bond donors (Lipinski definition) is 1. The quantitative estimate of drug-likeness (QED) is 0.580. The molecule has 2 amide bonds. The van der Waals surface area contributed by atoms with Crippen LogP contribution in [-0.4, -0.2) is 29.8 Å². The van der Waals surface area contributed by atoms with E-state index in [1.807, 2.05) is 33.9 Å². The van der Waals surface area contributed by atoms with Crippen molar-refractivity contribution in [1.82, 2.24) is 10.2 Å². The van der Waals surface area contributed by atoms with E-state index in [1.165, 1.54) is 16.9 Å². The van der Waals surface area contributed by atoms with Crippen LogP contribution in [0, 0.1) is 5.92 Å².